The molecule has 1 saturated heterocycles. The fourth-order valence-electron chi connectivity index (χ4n) is 2.19. The van der Waals surface area contributed by atoms with Crippen LogP contribution in [-0.4, -0.2) is 43.7 Å². The molecule has 1 N–H and O–H groups in total. The molecular weight excluding hydrogens is 196 g/mol. The minimum atomic E-state index is -0.658. The first-order chi connectivity index (χ1) is 7.28. The van der Waals surface area contributed by atoms with Gasteiger partial charge in [0.05, 0.1) is 6.61 Å². The first-order valence-electron chi connectivity index (χ1n) is 5.42. The molecule has 0 saturated carbocycles. The van der Waals surface area contributed by atoms with Crippen LogP contribution < -0.4 is 0 Å². The first kappa shape index (κ1) is 10.9. The molecule has 0 aromatic carbocycles. The van der Waals surface area contributed by atoms with Gasteiger partial charge in [0, 0.05) is 39.6 Å². The van der Waals surface area contributed by atoms with E-state index in [1.54, 1.807) is 7.11 Å². The molecule has 0 bridgehead atoms. The lowest BCUT2D eigenvalue weighted by Gasteiger charge is -2.39. The molecule has 2 aliphatic rings. The summed E-state index contributed by atoms with van der Waals surface area (Å²) in [6.07, 6.45) is 3.59. The highest BCUT2D eigenvalue weighted by Gasteiger charge is 2.42. The van der Waals surface area contributed by atoms with E-state index in [9.17, 15) is 5.11 Å². The van der Waals surface area contributed by atoms with Crippen molar-refractivity contribution in [3.63, 3.8) is 0 Å². The normalized spacial score (nSPS) is 26.9. The van der Waals surface area contributed by atoms with E-state index in [0.29, 0.717) is 38.4 Å². The second-order valence-electron chi connectivity index (χ2n) is 4.03. The van der Waals surface area contributed by atoms with Gasteiger partial charge < -0.3 is 19.3 Å². The highest BCUT2D eigenvalue weighted by molar-refractivity contribution is 5.11. The Morgan fingerprint density at radius 1 is 1.40 bits per heavy atom. The summed E-state index contributed by atoms with van der Waals surface area (Å²) in [5.41, 5.74) is -0.519. The molecule has 0 aromatic heterocycles. The SMILES string of the molecule is COC1(C(O)C2=CCCO2)CCOCC1. The Hall–Kier alpha value is -0.580. The van der Waals surface area contributed by atoms with Crippen LogP contribution in [0, 0.1) is 0 Å². The van der Waals surface area contributed by atoms with Crippen molar-refractivity contribution in [3.8, 4) is 0 Å². The topological polar surface area (TPSA) is 47.9 Å². The predicted molar refractivity (Wildman–Crippen MR) is 54.5 cm³/mol. The van der Waals surface area contributed by atoms with Crippen LogP contribution in [0.3, 0.4) is 0 Å². The van der Waals surface area contributed by atoms with Gasteiger partial charge in [-0.2, -0.15) is 0 Å². The molecule has 0 amide bonds. The molecular formula is C11H18O4. The zero-order valence-electron chi connectivity index (χ0n) is 9.07. The zero-order chi connectivity index (χ0) is 10.7. The lowest BCUT2D eigenvalue weighted by Crippen LogP contribution is -2.49. The molecule has 0 radical (unpaired) electrons. The molecule has 1 fully saturated rings. The summed E-state index contributed by atoms with van der Waals surface area (Å²) in [6, 6.07) is 0. The Bertz CT molecular complexity index is 243. The largest absolute Gasteiger partial charge is 0.495 e. The molecule has 0 aliphatic carbocycles. The third kappa shape index (κ3) is 2.02. The highest BCUT2D eigenvalue weighted by atomic mass is 16.5. The maximum atomic E-state index is 10.3. The lowest BCUT2D eigenvalue weighted by atomic mass is 9.87. The van der Waals surface area contributed by atoms with Crippen LogP contribution in [0.2, 0.25) is 0 Å². The number of methoxy groups -OCH3 is 1. The maximum Gasteiger partial charge on any atom is 0.140 e. The van der Waals surface area contributed by atoms with Gasteiger partial charge in [-0.05, 0) is 6.08 Å². The van der Waals surface area contributed by atoms with Crippen molar-refractivity contribution < 1.29 is 19.3 Å². The molecule has 2 rings (SSSR count). The van der Waals surface area contributed by atoms with E-state index in [2.05, 4.69) is 0 Å². The molecule has 0 aromatic rings. The van der Waals surface area contributed by atoms with Gasteiger partial charge in [-0.25, -0.2) is 0 Å². The van der Waals surface area contributed by atoms with Gasteiger partial charge in [-0.15, -0.1) is 0 Å². The molecule has 15 heavy (non-hydrogen) atoms. The molecule has 2 aliphatic heterocycles. The predicted octanol–water partition coefficient (Wildman–Crippen LogP) is 0.847. The maximum absolute atomic E-state index is 10.3. The van der Waals surface area contributed by atoms with Gasteiger partial charge in [0.2, 0.25) is 0 Å². The average molecular weight is 214 g/mol. The molecule has 1 atom stereocenters. The fraction of sp³-hybridized carbons (Fsp3) is 0.818. The Kier molecular flexibility index (Phi) is 3.29. The Balaban J connectivity index is 2.09. The van der Waals surface area contributed by atoms with Crippen molar-refractivity contribution in [1.82, 2.24) is 0 Å². The summed E-state index contributed by atoms with van der Waals surface area (Å²) < 4.78 is 16.2. The van der Waals surface area contributed by atoms with E-state index in [-0.39, 0.29) is 0 Å². The summed E-state index contributed by atoms with van der Waals surface area (Å²) in [4.78, 5) is 0. The monoisotopic (exact) mass is 214 g/mol. The molecule has 86 valence electrons. The third-order valence-corrected chi connectivity index (χ3v) is 3.25. The minimum Gasteiger partial charge on any atom is -0.495 e. The number of aliphatic hydroxyl groups excluding tert-OH is 1. The molecule has 0 spiro atoms. The number of hydrogen-bond acceptors (Lipinski definition) is 4. The average Bonchev–Trinajstić information content (AvgIpc) is 2.82. The van der Waals surface area contributed by atoms with Crippen LogP contribution in [0.1, 0.15) is 19.3 Å². The van der Waals surface area contributed by atoms with Gasteiger partial charge in [0.1, 0.15) is 17.5 Å². The van der Waals surface area contributed by atoms with Crippen molar-refractivity contribution in [2.24, 2.45) is 0 Å². The van der Waals surface area contributed by atoms with Crippen molar-refractivity contribution in [2.45, 2.75) is 31.0 Å². The Morgan fingerprint density at radius 3 is 2.67 bits per heavy atom. The summed E-state index contributed by atoms with van der Waals surface area (Å²) in [5, 5.41) is 10.3. The molecule has 1 unspecified atom stereocenters. The van der Waals surface area contributed by atoms with Crippen LogP contribution >= 0.6 is 0 Å². The quantitative estimate of drug-likeness (QED) is 0.756. The van der Waals surface area contributed by atoms with Crippen molar-refractivity contribution in [3.05, 3.63) is 11.8 Å². The fourth-order valence-corrected chi connectivity index (χ4v) is 2.19. The van der Waals surface area contributed by atoms with Crippen molar-refractivity contribution >= 4 is 0 Å². The van der Waals surface area contributed by atoms with Crippen LogP contribution in [0.4, 0.5) is 0 Å². The Morgan fingerprint density at radius 2 is 2.13 bits per heavy atom. The summed E-state index contributed by atoms with van der Waals surface area (Å²) in [6.45, 7) is 1.94. The van der Waals surface area contributed by atoms with E-state index >= 15 is 0 Å². The standard InChI is InChI=1S/C11H18O4/c1-13-11(4-7-14-8-5-11)10(12)9-3-2-6-15-9/h3,10,12H,2,4-8H2,1H3. The zero-order valence-corrected chi connectivity index (χ0v) is 9.07. The van der Waals surface area contributed by atoms with Crippen LogP contribution in [-0.2, 0) is 14.2 Å². The Labute approximate surface area is 89.8 Å². The van der Waals surface area contributed by atoms with E-state index in [1.807, 2.05) is 6.08 Å². The van der Waals surface area contributed by atoms with E-state index < -0.39 is 11.7 Å². The van der Waals surface area contributed by atoms with Gasteiger partial charge in [0.25, 0.3) is 0 Å². The van der Waals surface area contributed by atoms with E-state index in [0.717, 1.165) is 6.42 Å². The van der Waals surface area contributed by atoms with Crippen LogP contribution in [0.25, 0.3) is 0 Å². The second kappa shape index (κ2) is 4.51. The van der Waals surface area contributed by atoms with Gasteiger partial charge in [-0.3, -0.25) is 0 Å². The van der Waals surface area contributed by atoms with Crippen molar-refractivity contribution in [2.75, 3.05) is 26.9 Å². The van der Waals surface area contributed by atoms with Gasteiger partial charge in [0.15, 0.2) is 0 Å². The molecule has 2 heterocycles. The second-order valence-corrected chi connectivity index (χ2v) is 4.03. The third-order valence-electron chi connectivity index (χ3n) is 3.25. The highest BCUT2D eigenvalue weighted by Crippen LogP contribution is 2.33. The number of rotatable bonds is 3. The van der Waals surface area contributed by atoms with E-state index in [4.69, 9.17) is 14.2 Å². The van der Waals surface area contributed by atoms with E-state index in [1.165, 1.54) is 0 Å². The molecule has 4 nitrogen and oxygen atoms in total. The number of ether oxygens (including phenoxy) is 3. The van der Waals surface area contributed by atoms with Crippen molar-refractivity contribution in [1.29, 1.82) is 0 Å². The van der Waals surface area contributed by atoms with Crippen LogP contribution in [0.5, 0.6) is 0 Å². The van der Waals surface area contributed by atoms with Gasteiger partial charge >= 0.3 is 0 Å². The summed E-state index contributed by atoms with van der Waals surface area (Å²) in [7, 11) is 1.64. The minimum absolute atomic E-state index is 0.519. The molecule has 4 heteroatoms. The lowest BCUT2D eigenvalue weighted by molar-refractivity contribution is -0.150. The van der Waals surface area contributed by atoms with Gasteiger partial charge in [-0.1, -0.05) is 0 Å². The summed E-state index contributed by atoms with van der Waals surface area (Å²) in [5.74, 6) is 0.666. The first-order valence-corrected chi connectivity index (χ1v) is 5.42. The number of aliphatic hydroxyl groups is 1. The van der Waals surface area contributed by atoms with Crippen LogP contribution in [0.15, 0.2) is 11.8 Å². The smallest absolute Gasteiger partial charge is 0.140 e. The number of hydrogen-bond donors (Lipinski definition) is 1. The summed E-state index contributed by atoms with van der Waals surface area (Å²) >= 11 is 0.